The van der Waals surface area contributed by atoms with Crippen LogP contribution in [-0.4, -0.2) is 45.0 Å². The molecule has 1 N–H and O–H groups in total. The Labute approximate surface area is 175 Å². The van der Waals surface area contributed by atoms with Crippen LogP contribution < -0.4 is 5.56 Å². The molecule has 2 aromatic carbocycles. The lowest BCUT2D eigenvalue weighted by atomic mass is 9.99. The fourth-order valence-corrected chi connectivity index (χ4v) is 3.99. The summed E-state index contributed by atoms with van der Waals surface area (Å²) < 4.78 is 26.8. The quantitative estimate of drug-likeness (QED) is 0.532. The second-order valence-corrected chi connectivity index (χ2v) is 7.75. The molecule has 5 rings (SSSR count). The Bertz CT molecular complexity index is 1370. The lowest BCUT2D eigenvalue weighted by molar-refractivity contribution is -0.0494. The van der Waals surface area contributed by atoms with E-state index in [2.05, 4.69) is 15.2 Å². The summed E-state index contributed by atoms with van der Waals surface area (Å²) >= 11 is 0. The topological polar surface area (TPSA) is 79.0 Å². The van der Waals surface area contributed by atoms with Crippen LogP contribution in [0.5, 0.6) is 0 Å². The lowest BCUT2D eigenvalue weighted by Gasteiger charge is -2.31. The van der Waals surface area contributed by atoms with Gasteiger partial charge in [-0.3, -0.25) is 14.6 Å². The molecule has 1 fully saturated rings. The average Bonchev–Trinajstić information content (AvgIpc) is 2.78. The molecule has 4 aromatic rings. The van der Waals surface area contributed by atoms with E-state index >= 15 is 0 Å². The van der Waals surface area contributed by atoms with E-state index in [1.165, 1.54) is 11.1 Å². The SMILES string of the molecule is O=C(c1cnc2c(-c3ccc4c(=O)[nH]ncc4c3)cccc2c1)N1CCC(F)(F)CC1. The van der Waals surface area contributed by atoms with Crippen LogP contribution in [0.2, 0.25) is 0 Å². The van der Waals surface area contributed by atoms with Crippen LogP contribution >= 0.6 is 0 Å². The van der Waals surface area contributed by atoms with Crippen molar-refractivity contribution in [1.82, 2.24) is 20.1 Å². The molecule has 0 bridgehead atoms. The van der Waals surface area contributed by atoms with Gasteiger partial charge in [-0.15, -0.1) is 0 Å². The molecule has 6 nitrogen and oxygen atoms in total. The number of hydrogen-bond donors (Lipinski definition) is 1. The summed E-state index contributed by atoms with van der Waals surface area (Å²) in [6.07, 6.45) is 2.46. The van der Waals surface area contributed by atoms with Gasteiger partial charge < -0.3 is 4.90 Å². The Kier molecular flexibility index (Phi) is 4.50. The highest BCUT2D eigenvalue weighted by molar-refractivity contribution is 6.01. The molecule has 0 atom stereocenters. The minimum atomic E-state index is -2.70. The number of H-pyrrole nitrogens is 1. The number of nitrogens with zero attached hydrogens (tertiary/aromatic N) is 3. The second-order valence-electron chi connectivity index (χ2n) is 7.75. The van der Waals surface area contributed by atoms with Gasteiger partial charge in [0.1, 0.15) is 0 Å². The van der Waals surface area contributed by atoms with E-state index in [4.69, 9.17) is 0 Å². The normalized spacial score (nSPS) is 16.0. The van der Waals surface area contributed by atoms with Gasteiger partial charge in [0.25, 0.3) is 17.4 Å². The standard InChI is InChI=1S/C23H18F2N4O2/c24-23(25)6-8-29(9-7-23)22(31)17-11-15-2-1-3-18(20(15)26-12-17)14-4-5-19-16(10-14)13-27-28-21(19)30/h1-5,10-13H,6-9H2,(H,28,30). The van der Waals surface area contributed by atoms with Gasteiger partial charge >= 0.3 is 0 Å². The predicted octanol–water partition coefficient (Wildman–Crippen LogP) is 4.01. The zero-order valence-electron chi connectivity index (χ0n) is 16.4. The molecular weight excluding hydrogens is 402 g/mol. The zero-order chi connectivity index (χ0) is 21.6. The van der Waals surface area contributed by atoms with Crippen LogP contribution in [0.25, 0.3) is 32.8 Å². The maximum atomic E-state index is 13.4. The third-order valence-electron chi connectivity index (χ3n) is 5.72. The van der Waals surface area contributed by atoms with Gasteiger partial charge in [-0.1, -0.05) is 24.3 Å². The molecule has 0 unspecified atom stereocenters. The molecule has 8 heteroatoms. The van der Waals surface area contributed by atoms with E-state index < -0.39 is 5.92 Å². The van der Waals surface area contributed by atoms with E-state index in [9.17, 15) is 18.4 Å². The first-order valence-corrected chi connectivity index (χ1v) is 9.95. The maximum absolute atomic E-state index is 13.4. The molecule has 1 aliphatic rings. The number of fused-ring (bicyclic) bond motifs is 2. The largest absolute Gasteiger partial charge is 0.338 e. The van der Waals surface area contributed by atoms with Crippen molar-refractivity contribution in [3.05, 3.63) is 70.8 Å². The molecule has 1 saturated heterocycles. The highest BCUT2D eigenvalue weighted by atomic mass is 19.3. The van der Waals surface area contributed by atoms with E-state index in [1.807, 2.05) is 30.3 Å². The maximum Gasteiger partial charge on any atom is 0.272 e. The third kappa shape index (κ3) is 3.54. The van der Waals surface area contributed by atoms with Crippen molar-refractivity contribution in [3.63, 3.8) is 0 Å². The number of likely N-dealkylation sites (tertiary alicyclic amines) is 1. The van der Waals surface area contributed by atoms with Gasteiger partial charge in [0, 0.05) is 48.5 Å². The highest BCUT2D eigenvalue weighted by Gasteiger charge is 2.35. The smallest absolute Gasteiger partial charge is 0.272 e. The molecule has 3 heterocycles. The number of carbonyl (C=O) groups excluding carboxylic acids is 1. The number of halogens is 2. The predicted molar refractivity (Wildman–Crippen MR) is 113 cm³/mol. The van der Waals surface area contributed by atoms with Crippen molar-refractivity contribution >= 4 is 27.6 Å². The van der Waals surface area contributed by atoms with Crippen LogP contribution in [0.4, 0.5) is 8.78 Å². The Morgan fingerprint density at radius 3 is 2.65 bits per heavy atom. The van der Waals surface area contributed by atoms with E-state index in [0.717, 1.165) is 16.5 Å². The molecule has 1 amide bonds. The summed E-state index contributed by atoms with van der Waals surface area (Å²) in [5.74, 6) is -2.99. The van der Waals surface area contributed by atoms with Gasteiger partial charge in [0.15, 0.2) is 0 Å². The Morgan fingerprint density at radius 2 is 1.84 bits per heavy atom. The fourth-order valence-electron chi connectivity index (χ4n) is 3.99. The summed E-state index contributed by atoms with van der Waals surface area (Å²) in [6, 6.07) is 12.9. The van der Waals surface area contributed by atoms with Gasteiger partial charge in [-0.25, -0.2) is 13.9 Å². The minimum absolute atomic E-state index is 0.0359. The number of aromatic nitrogens is 3. The first kappa shape index (κ1) is 19.3. The molecule has 31 heavy (non-hydrogen) atoms. The van der Waals surface area contributed by atoms with Gasteiger partial charge in [-0.2, -0.15) is 5.10 Å². The van der Waals surface area contributed by atoms with Crippen molar-refractivity contribution in [1.29, 1.82) is 0 Å². The molecule has 0 spiro atoms. The Hall–Kier alpha value is -3.68. The fraction of sp³-hybridized carbons (Fsp3) is 0.217. The van der Waals surface area contributed by atoms with Crippen LogP contribution in [0.15, 0.2) is 59.7 Å². The number of nitrogens with one attached hydrogen (secondary N) is 1. The number of aromatic amines is 1. The van der Waals surface area contributed by atoms with E-state index in [0.29, 0.717) is 21.9 Å². The third-order valence-corrected chi connectivity index (χ3v) is 5.72. The second kappa shape index (κ2) is 7.23. The zero-order valence-corrected chi connectivity index (χ0v) is 16.4. The Morgan fingerprint density at radius 1 is 1.03 bits per heavy atom. The first-order valence-electron chi connectivity index (χ1n) is 9.95. The molecule has 0 saturated carbocycles. The van der Waals surface area contributed by atoms with Crippen LogP contribution in [0.1, 0.15) is 23.2 Å². The van der Waals surface area contributed by atoms with Gasteiger partial charge in [-0.05, 0) is 23.8 Å². The van der Waals surface area contributed by atoms with Gasteiger partial charge in [0.05, 0.1) is 22.7 Å². The lowest BCUT2D eigenvalue weighted by Crippen LogP contribution is -2.42. The average molecular weight is 420 g/mol. The molecule has 1 aliphatic heterocycles. The number of amides is 1. The summed E-state index contributed by atoms with van der Waals surface area (Å²) in [4.78, 5) is 30.7. The number of carbonyl (C=O) groups is 1. The van der Waals surface area contributed by atoms with Crippen LogP contribution in [0, 0.1) is 0 Å². The van der Waals surface area contributed by atoms with E-state index in [-0.39, 0.29) is 37.4 Å². The van der Waals surface area contributed by atoms with Crippen LogP contribution in [0.3, 0.4) is 0 Å². The van der Waals surface area contributed by atoms with Crippen LogP contribution in [-0.2, 0) is 0 Å². The number of pyridine rings is 1. The van der Waals surface area contributed by atoms with Crippen molar-refractivity contribution in [2.24, 2.45) is 0 Å². The first-order chi connectivity index (χ1) is 14.9. The summed E-state index contributed by atoms with van der Waals surface area (Å²) in [6.45, 7) is 0.0718. The van der Waals surface area contributed by atoms with Crippen molar-refractivity contribution < 1.29 is 13.6 Å². The minimum Gasteiger partial charge on any atom is -0.338 e. The Balaban J connectivity index is 1.51. The van der Waals surface area contributed by atoms with Crippen molar-refractivity contribution in [3.8, 4) is 11.1 Å². The molecule has 156 valence electrons. The number of benzene rings is 2. The summed E-state index contributed by atoms with van der Waals surface area (Å²) in [5.41, 5.74) is 2.57. The highest BCUT2D eigenvalue weighted by Crippen LogP contribution is 2.31. The number of alkyl halides is 2. The van der Waals surface area contributed by atoms with E-state index in [1.54, 1.807) is 18.3 Å². The molecule has 0 aliphatic carbocycles. The number of para-hydroxylation sites is 1. The molecule has 2 aromatic heterocycles. The number of hydrogen-bond acceptors (Lipinski definition) is 4. The van der Waals surface area contributed by atoms with Crippen molar-refractivity contribution in [2.75, 3.05) is 13.1 Å². The summed E-state index contributed by atoms with van der Waals surface area (Å²) in [7, 11) is 0. The van der Waals surface area contributed by atoms with Gasteiger partial charge in [0.2, 0.25) is 0 Å². The molecule has 0 radical (unpaired) electrons. The number of piperidine rings is 1. The molecular formula is C23H18F2N4O2. The summed E-state index contributed by atoms with van der Waals surface area (Å²) in [5, 5.41) is 8.30. The number of rotatable bonds is 2. The van der Waals surface area contributed by atoms with Crippen molar-refractivity contribution in [2.45, 2.75) is 18.8 Å². The monoisotopic (exact) mass is 420 g/mol.